The van der Waals surface area contributed by atoms with Gasteiger partial charge in [-0.25, -0.2) is 0 Å². The maximum atomic E-state index is 11.2. The first-order valence-corrected chi connectivity index (χ1v) is 5.46. The molecule has 1 aromatic heterocycles. The molecule has 0 fully saturated rings. The van der Waals surface area contributed by atoms with Crippen LogP contribution in [0, 0.1) is 6.92 Å². The molecular formula is C12H17NO2. The second-order valence-corrected chi connectivity index (χ2v) is 4.13. The fourth-order valence-corrected chi connectivity index (χ4v) is 2.31. The summed E-state index contributed by atoms with van der Waals surface area (Å²) in [4.78, 5) is 11.2. The van der Waals surface area contributed by atoms with Gasteiger partial charge in [0.25, 0.3) is 0 Å². The van der Waals surface area contributed by atoms with Crippen molar-refractivity contribution in [1.82, 2.24) is 4.57 Å². The molecule has 3 nitrogen and oxygen atoms in total. The number of hydrogen-bond acceptors (Lipinski definition) is 2. The van der Waals surface area contributed by atoms with Crippen LogP contribution in [0.1, 0.15) is 29.7 Å². The molecule has 82 valence electrons. The number of rotatable bonds is 2. The Balaban J connectivity index is 2.25. The van der Waals surface area contributed by atoms with Crippen molar-refractivity contribution in [2.75, 3.05) is 7.11 Å². The van der Waals surface area contributed by atoms with E-state index in [4.69, 9.17) is 0 Å². The first-order valence-electron chi connectivity index (χ1n) is 5.46. The van der Waals surface area contributed by atoms with Crippen molar-refractivity contribution in [1.29, 1.82) is 0 Å². The fourth-order valence-electron chi connectivity index (χ4n) is 2.31. The van der Waals surface area contributed by atoms with Gasteiger partial charge in [0.2, 0.25) is 0 Å². The lowest BCUT2D eigenvalue weighted by atomic mass is 9.94. The van der Waals surface area contributed by atoms with Crippen LogP contribution in [0.25, 0.3) is 0 Å². The molecule has 0 atom stereocenters. The third-order valence-electron chi connectivity index (χ3n) is 3.22. The van der Waals surface area contributed by atoms with E-state index in [9.17, 15) is 4.79 Å². The van der Waals surface area contributed by atoms with E-state index in [2.05, 4.69) is 17.9 Å². The van der Waals surface area contributed by atoms with Gasteiger partial charge in [0, 0.05) is 11.9 Å². The predicted octanol–water partition coefficient (Wildman–Crippen LogP) is 1.85. The highest BCUT2D eigenvalue weighted by Gasteiger charge is 2.17. The quantitative estimate of drug-likeness (QED) is 0.693. The number of hydrogen-bond donors (Lipinski definition) is 0. The molecule has 1 heterocycles. The number of aromatic nitrogens is 1. The van der Waals surface area contributed by atoms with Gasteiger partial charge < -0.3 is 9.30 Å². The molecule has 0 N–H and O–H groups in total. The summed E-state index contributed by atoms with van der Waals surface area (Å²) in [5.41, 5.74) is 4.10. The second kappa shape index (κ2) is 4.09. The number of methoxy groups -OCH3 is 1. The van der Waals surface area contributed by atoms with Gasteiger partial charge in [-0.3, -0.25) is 4.79 Å². The number of fused-ring (bicyclic) bond motifs is 1. The summed E-state index contributed by atoms with van der Waals surface area (Å²) in [6.45, 7) is 2.43. The molecule has 0 bridgehead atoms. The summed E-state index contributed by atoms with van der Waals surface area (Å²) >= 11 is 0. The maximum absolute atomic E-state index is 11.2. The number of esters is 1. The number of aryl methyl sites for hydroxylation is 1. The minimum absolute atomic E-state index is 0.176. The Hall–Kier alpha value is -1.25. The molecule has 0 amide bonds. The van der Waals surface area contributed by atoms with Crippen molar-refractivity contribution in [2.45, 2.75) is 39.2 Å². The molecular weight excluding hydrogens is 190 g/mol. The minimum Gasteiger partial charge on any atom is -0.468 e. The molecule has 0 saturated heterocycles. The zero-order valence-electron chi connectivity index (χ0n) is 9.38. The van der Waals surface area contributed by atoms with Crippen molar-refractivity contribution in [3.8, 4) is 0 Å². The van der Waals surface area contributed by atoms with E-state index in [0.717, 1.165) is 12.8 Å². The highest BCUT2D eigenvalue weighted by Crippen LogP contribution is 2.25. The SMILES string of the molecule is COC(=O)Cn1cc2c(c1C)CCCC2. The molecule has 15 heavy (non-hydrogen) atoms. The summed E-state index contributed by atoms with van der Waals surface area (Å²) < 4.78 is 6.70. The van der Waals surface area contributed by atoms with E-state index in [1.807, 2.05) is 4.57 Å². The Morgan fingerprint density at radius 2 is 2.20 bits per heavy atom. The largest absolute Gasteiger partial charge is 0.468 e. The van der Waals surface area contributed by atoms with Crippen molar-refractivity contribution < 1.29 is 9.53 Å². The van der Waals surface area contributed by atoms with Gasteiger partial charge >= 0.3 is 5.97 Å². The monoisotopic (exact) mass is 207 g/mol. The zero-order chi connectivity index (χ0) is 10.8. The lowest BCUT2D eigenvalue weighted by molar-refractivity contribution is -0.141. The molecule has 1 aliphatic rings. The fraction of sp³-hybridized carbons (Fsp3) is 0.583. The van der Waals surface area contributed by atoms with Crippen molar-refractivity contribution in [2.24, 2.45) is 0 Å². The Bertz CT molecular complexity index is 379. The van der Waals surface area contributed by atoms with Gasteiger partial charge in [-0.1, -0.05) is 0 Å². The Morgan fingerprint density at radius 3 is 2.87 bits per heavy atom. The third-order valence-corrected chi connectivity index (χ3v) is 3.22. The lowest BCUT2D eigenvalue weighted by Crippen LogP contribution is -2.12. The van der Waals surface area contributed by atoms with Crippen LogP contribution in [0.5, 0.6) is 0 Å². The Morgan fingerprint density at radius 1 is 1.47 bits per heavy atom. The summed E-state index contributed by atoms with van der Waals surface area (Å²) in [5.74, 6) is -0.176. The van der Waals surface area contributed by atoms with Gasteiger partial charge in [-0.15, -0.1) is 0 Å². The molecule has 0 aliphatic heterocycles. The number of carbonyl (C=O) groups is 1. The smallest absolute Gasteiger partial charge is 0.325 e. The number of ether oxygens (including phenoxy) is 1. The molecule has 1 aromatic rings. The van der Waals surface area contributed by atoms with Crippen molar-refractivity contribution >= 4 is 5.97 Å². The molecule has 1 aliphatic carbocycles. The highest BCUT2D eigenvalue weighted by atomic mass is 16.5. The standard InChI is InChI=1S/C12H17NO2/c1-9-11-6-4-3-5-10(11)7-13(9)8-12(14)15-2/h7H,3-6,8H2,1-2H3. The second-order valence-electron chi connectivity index (χ2n) is 4.13. The lowest BCUT2D eigenvalue weighted by Gasteiger charge is -2.11. The van der Waals surface area contributed by atoms with E-state index in [-0.39, 0.29) is 5.97 Å². The van der Waals surface area contributed by atoms with Crippen LogP contribution in [0.2, 0.25) is 0 Å². The maximum Gasteiger partial charge on any atom is 0.325 e. The topological polar surface area (TPSA) is 31.2 Å². The van der Waals surface area contributed by atoms with E-state index in [1.165, 1.54) is 36.8 Å². The van der Waals surface area contributed by atoms with Crippen LogP contribution in [0.15, 0.2) is 6.20 Å². The first kappa shape index (κ1) is 10.3. The van der Waals surface area contributed by atoms with E-state index >= 15 is 0 Å². The molecule has 2 rings (SSSR count). The van der Waals surface area contributed by atoms with Crippen LogP contribution in [0.3, 0.4) is 0 Å². The van der Waals surface area contributed by atoms with E-state index < -0.39 is 0 Å². The van der Waals surface area contributed by atoms with Gasteiger partial charge in [0.05, 0.1) is 7.11 Å². The van der Waals surface area contributed by atoms with Gasteiger partial charge in [0.15, 0.2) is 0 Å². The van der Waals surface area contributed by atoms with Gasteiger partial charge in [0.1, 0.15) is 6.54 Å². The molecule has 3 heteroatoms. The van der Waals surface area contributed by atoms with E-state index in [0.29, 0.717) is 6.54 Å². The van der Waals surface area contributed by atoms with Crippen molar-refractivity contribution in [3.05, 3.63) is 23.0 Å². The molecule has 0 spiro atoms. The summed E-state index contributed by atoms with van der Waals surface area (Å²) in [5, 5.41) is 0. The summed E-state index contributed by atoms with van der Waals surface area (Å²) in [7, 11) is 1.43. The molecule has 0 saturated carbocycles. The molecule has 0 aromatic carbocycles. The first-order chi connectivity index (χ1) is 7.22. The van der Waals surface area contributed by atoms with Crippen LogP contribution in [-0.2, 0) is 28.9 Å². The van der Waals surface area contributed by atoms with Crippen LogP contribution in [-0.4, -0.2) is 17.6 Å². The van der Waals surface area contributed by atoms with Gasteiger partial charge in [-0.2, -0.15) is 0 Å². The molecule has 0 radical (unpaired) electrons. The Kier molecular flexibility index (Phi) is 2.80. The summed E-state index contributed by atoms with van der Waals surface area (Å²) in [6.07, 6.45) is 6.98. The van der Waals surface area contributed by atoms with Crippen LogP contribution in [0.4, 0.5) is 0 Å². The van der Waals surface area contributed by atoms with Crippen molar-refractivity contribution in [3.63, 3.8) is 0 Å². The molecule has 0 unspecified atom stereocenters. The highest BCUT2D eigenvalue weighted by molar-refractivity contribution is 5.69. The predicted molar refractivity (Wildman–Crippen MR) is 57.8 cm³/mol. The normalized spacial score (nSPS) is 14.8. The third kappa shape index (κ3) is 1.91. The average Bonchev–Trinajstić information content (AvgIpc) is 2.57. The number of nitrogens with zero attached hydrogens (tertiary/aromatic N) is 1. The van der Waals surface area contributed by atoms with Crippen LogP contribution < -0.4 is 0 Å². The minimum atomic E-state index is -0.176. The van der Waals surface area contributed by atoms with Crippen LogP contribution >= 0.6 is 0 Å². The zero-order valence-corrected chi connectivity index (χ0v) is 9.38. The van der Waals surface area contributed by atoms with Gasteiger partial charge in [-0.05, 0) is 43.7 Å². The number of carbonyl (C=O) groups excluding carboxylic acids is 1. The Labute approximate surface area is 90.0 Å². The van der Waals surface area contributed by atoms with E-state index in [1.54, 1.807) is 0 Å². The summed E-state index contributed by atoms with van der Waals surface area (Å²) in [6, 6.07) is 0. The average molecular weight is 207 g/mol.